The number of anilines is 3. The molecule has 0 fully saturated rings. The molecule has 2 aliphatic rings. The van der Waals surface area contributed by atoms with Gasteiger partial charge in [-0.2, -0.15) is 0 Å². The van der Waals surface area contributed by atoms with Gasteiger partial charge >= 0.3 is 0 Å². The van der Waals surface area contributed by atoms with Gasteiger partial charge in [-0.15, -0.1) is 0 Å². The van der Waals surface area contributed by atoms with Crippen molar-refractivity contribution in [3.05, 3.63) is 222 Å². The molecule has 9 aromatic carbocycles. The van der Waals surface area contributed by atoms with Gasteiger partial charge in [-0.25, -0.2) is 0 Å². The van der Waals surface area contributed by atoms with Crippen LogP contribution in [-0.2, 0) is 5.41 Å². The molecule has 0 N–H and O–H groups in total. The topological polar surface area (TPSA) is 3.24 Å². The van der Waals surface area contributed by atoms with Crippen molar-refractivity contribution in [2.75, 3.05) is 4.90 Å². The first-order valence-electron chi connectivity index (χ1n) is 18.3. The van der Waals surface area contributed by atoms with Gasteiger partial charge in [0.05, 0.1) is 11.1 Å². The van der Waals surface area contributed by atoms with Crippen molar-refractivity contribution >= 4 is 50.4 Å². The van der Waals surface area contributed by atoms with Gasteiger partial charge in [0, 0.05) is 26.7 Å². The molecular weight excluding hydrogens is 659 g/mol. The lowest BCUT2D eigenvalue weighted by molar-refractivity contribution is 0.707. The van der Waals surface area contributed by atoms with E-state index >= 15 is 0 Å². The Balaban J connectivity index is 1.21. The second-order valence-electron chi connectivity index (χ2n) is 14.0. The zero-order valence-corrected chi connectivity index (χ0v) is 29.7. The van der Waals surface area contributed by atoms with Crippen LogP contribution in [0.15, 0.2) is 210 Å². The van der Waals surface area contributed by atoms with Crippen molar-refractivity contribution in [1.82, 2.24) is 0 Å². The Morgan fingerprint density at radius 1 is 0.396 bits per heavy atom. The van der Waals surface area contributed by atoms with Crippen LogP contribution in [0.3, 0.4) is 0 Å². The van der Waals surface area contributed by atoms with Crippen molar-refractivity contribution in [3.8, 4) is 22.3 Å². The Morgan fingerprint density at radius 2 is 1.04 bits per heavy atom. The van der Waals surface area contributed by atoms with Crippen LogP contribution in [0, 0.1) is 0 Å². The number of para-hydroxylation sites is 1. The third kappa shape index (κ3) is 4.40. The van der Waals surface area contributed by atoms with Crippen LogP contribution < -0.4 is 4.90 Å². The maximum atomic E-state index is 2.45. The average Bonchev–Trinajstić information content (AvgIpc) is 3.23. The van der Waals surface area contributed by atoms with E-state index in [0.29, 0.717) is 0 Å². The zero-order valence-electron chi connectivity index (χ0n) is 28.9. The number of rotatable bonds is 4. The van der Waals surface area contributed by atoms with Crippen LogP contribution in [0.5, 0.6) is 0 Å². The molecule has 1 unspecified atom stereocenters. The fraction of sp³-hybridized carbons (Fsp3) is 0.0196. The van der Waals surface area contributed by atoms with E-state index in [-0.39, 0.29) is 0 Å². The number of hydrogen-bond donors (Lipinski definition) is 0. The minimum atomic E-state index is -0.476. The molecule has 1 spiro atoms. The first kappa shape index (κ1) is 30.3. The van der Waals surface area contributed by atoms with Crippen molar-refractivity contribution in [2.24, 2.45) is 0 Å². The smallest absolute Gasteiger partial charge is 0.0735 e. The second-order valence-corrected chi connectivity index (χ2v) is 15.1. The summed E-state index contributed by atoms with van der Waals surface area (Å²) < 4.78 is 0. The summed E-state index contributed by atoms with van der Waals surface area (Å²) in [6, 6.07) is 74.1. The standard InChI is InChI=1S/C51H33NS/c1-3-16-36(17-4-1)50-39-22-8-7-15-34(39)29-32-46(50)52(37-20-5-2-6-21-37)38-30-31-44-48(33-38)53-47-28-12-11-26-43(47)51(44)42-25-10-9-23-40(42)41-24-13-18-35-19-14-27-45(51)49(35)41/h1-33H. The summed E-state index contributed by atoms with van der Waals surface area (Å²) in [5, 5.41) is 5.10. The fourth-order valence-corrected chi connectivity index (χ4v) is 10.4. The monoisotopic (exact) mass is 691 g/mol. The van der Waals surface area contributed by atoms with E-state index in [2.05, 4.69) is 205 Å². The van der Waals surface area contributed by atoms with E-state index < -0.39 is 5.41 Å². The molecule has 1 aliphatic heterocycles. The zero-order chi connectivity index (χ0) is 34.9. The largest absolute Gasteiger partial charge is 0.310 e. The normalized spacial score (nSPS) is 15.2. The number of hydrogen-bond acceptors (Lipinski definition) is 2. The van der Waals surface area contributed by atoms with Gasteiger partial charge in [-0.3, -0.25) is 0 Å². The molecule has 0 radical (unpaired) electrons. The van der Waals surface area contributed by atoms with Gasteiger partial charge in [-0.1, -0.05) is 176 Å². The molecule has 53 heavy (non-hydrogen) atoms. The SMILES string of the molecule is c1ccc(-c2c(N(c3ccccc3)c3ccc4c(c3)Sc3ccccc3C43c4ccccc4-c4cccc5cccc3c45)ccc3ccccc23)cc1. The van der Waals surface area contributed by atoms with Crippen LogP contribution in [0.1, 0.15) is 22.3 Å². The highest BCUT2D eigenvalue weighted by Gasteiger charge is 2.48. The highest BCUT2D eigenvalue weighted by Crippen LogP contribution is 2.62. The minimum absolute atomic E-state index is 0.476. The maximum absolute atomic E-state index is 2.45. The van der Waals surface area contributed by atoms with E-state index in [1.54, 1.807) is 0 Å². The fourth-order valence-electron chi connectivity index (χ4n) is 9.18. The lowest BCUT2D eigenvalue weighted by Crippen LogP contribution is -2.36. The van der Waals surface area contributed by atoms with Crippen molar-refractivity contribution < 1.29 is 0 Å². The molecule has 11 rings (SSSR count). The quantitative estimate of drug-likeness (QED) is 0.181. The van der Waals surface area contributed by atoms with Gasteiger partial charge in [-0.05, 0) is 96.9 Å². The van der Waals surface area contributed by atoms with Crippen LogP contribution in [-0.4, -0.2) is 0 Å². The summed E-state index contributed by atoms with van der Waals surface area (Å²) >= 11 is 1.89. The molecule has 0 aromatic heterocycles. The molecule has 1 heterocycles. The summed E-state index contributed by atoms with van der Waals surface area (Å²) in [6.45, 7) is 0. The highest BCUT2D eigenvalue weighted by atomic mass is 32.2. The van der Waals surface area contributed by atoms with Gasteiger partial charge in [0.1, 0.15) is 0 Å². The first-order valence-corrected chi connectivity index (χ1v) is 19.1. The summed E-state index contributed by atoms with van der Waals surface area (Å²) in [6.07, 6.45) is 0. The van der Waals surface area contributed by atoms with Gasteiger partial charge in [0.25, 0.3) is 0 Å². The molecule has 0 saturated heterocycles. The Kier molecular flexibility index (Phi) is 6.77. The van der Waals surface area contributed by atoms with E-state index in [0.717, 1.165) is 17.1 Å². The van der Waals surface area contributed by atoms with Crippen LogP contribution >= 0.6 is 11.8 Å². The number of fused-ring (bicyclic) bond motifs is 9. The maximum Gasteiger partial charge on any atom is 0.0735 e. The third-order valence-corrected chi connectivity index (χ3v) is 12.4. The lowest BCUT2D eigenvalue weighted by Gasteiger charge is -2.46. The highest BCUT2D eigenvalue weighted by molar-refractivity contribution is 7.99. The molecule has 0 amide bonds. The minimum Gasteiger partial charge on any atom is -0.310 e. The Morgan fingerprint density at radius 3 is 1.91 bits per heavy atom. The molecule has 1 nitrogen and oxygen atoms in total. The molecule has 0 bridgehead atoms. The predicted octanol–water partition coefficient (Wildman–Crippen LogP) is 14.0. The Labute approximate surface area is 313 Å². The molecule has 9 aromatic rings. The number of benzene rings is 9. The van der Waals surface area contributed by atoms with E-state index in [9.17, 15) is 0 Å². The Bertz CT molecular complexity index is 2870. The lowest BCUT2D eigenvalue weighted by atomic mass is 9.59. The number of nitrogens with zero attached hydrogens (tertiary/aromatic N) is 1. The molecule has 2 heteroatoms. The molecular formula is C51H33NS. The average molecular weight is 692 g/mol. The first-order chi connectivity index (χ1) is 26.3. The molecule has 0 saturated carbocycles. The summed E-state index contributed by atoms with van der Waals surface area (Å²) in [5.74, 6) is 0. The van der Waals surface area contributed by atoms with Crippen LogP contribution in [0.2, 0.25) is 0 Å². The molecule has 1 aliphatic carbocycles. The van der Waals surface area contributed by atoms with Gasteiger partial charge < -0.3 is 4.90 Å². The Hall–Kier alpha value is -6.35. The van der Waals surface area contributed by atoms with Crippen molar-refractivity contribution in [3.63, 3.8) is 0 Å². The van der Waals surface area contributed by atoms with E-state index in [4.69, 9.17) is 0 Å². The van der Waals surface area contributed by atoms with E-state index in [1.165, 1.54) is 75.8 Å². The third-order valence-electron chi connectivity index (χ3n) is 11.3. The van der Waals surface area contributed by atoms with Crippen molar-refractivity contribution in [2.45, 2.75) is 15.2 Å². The summed E-state index contributed by atoms with van der Waals surface area (Å²) in [5.41, 5.74) is 13.3. The van der Waals surface area contributed by atoms with Crippen molar-refractivity contribution in [1.29, 1.82) is 0 Å². The second kappa shape index (κ2) is 11.8. The van der Waals surface area contributed by atoms with E-state index in [1.807, 2.05) is 11.8 Å². The summed E-state index contributed by atoms with van der Waals surface area (Å²) in [7, 11) is 0. The van der Waals surface area contributed by atoms with Crippen LogP contribution in [0.25, 0.3) is 43.8 Å². The molecule has 248 valence electrons. The molecule has 1 atom stereocenters. The van der Waals surface area contributed by atoms with Gasteiger partial charge in [0.15, 0.2) is 0 Å². The summed E-state index contributed by atoms with van der Waals surface area (Å²) in [4.78, 5) is 5.02. The van der Waals surface area contributed by atoms with Crippen LogP contribution in [0.4, 0.5) is 17.1 Å². The van der Waals surface area contributed by atoms with Gasteiger partial charge in [0.2, 0.25) is 0 Å². The predicted molar refractivity (Wildman–Crippen MR) is 223 cm³/mol.